The van der Waals surface area contributed by atoms with Gasteiger partial charge in [-0.3, -0.25) is 4.79 Å². The zero-order chi connectivity index (χ0) is 18.4. The molecule has 0 spiro atoms. The number of carbonyl (C=O) groups is 1. The molecule has 1 aliphatic rings. The lowest BCUT2D eigenvalue weighted by Crippen LogP contribution is -2.31. The molecule has 1 aromatic rings. The zero-order valence-electron chi connectivity index (χ0n) is 14.7. The SMILES string of the molecule is COc1cc(/C=C/C(=O)C2C=CC(OC)(OC)C=C2)c(O)c(OC)c1. The molecule has 1 N–H and O–H groups in total. The fraction of sp³-hybridized carbons (Fsp3) is 0.316. The van der Waals surface area contributed by atoms with Gasteiger partial charge in [0.2, 0.25) is 5.79 Å². The summed E-state index contributed by atoms with van der Waals surface area (Å²) < 4.78 is 20.8. The predicted octanol–water partition coefficient (Wildman–Crippen LogP) is 2.72. The third-order valence-corrected chi connectivity index (χ3v) is 4.00. The van der Waals surface area contributed by atoms with E-state index in [-0.39, 0.29) is 17.3 Å². The third-order valence-electron chi connectivity index (χ3n) is 4.00. The average molecular weight is 346 g/mol. The maximum atomic E-state index is 12.4. The van der Waals surface area contributed by atoms with E-state index >= 15 is 0 Å². The van der Waals surface area contributed by atoms with Crippen molar-refractivity contribution in [2.24, 2.45) is 5.92 Å². The molecule has 25 heavy (non-hydrogen) atoms. The molecule has 134 valence electrons. The topological polar surface area (TPSA) is 74.2 Å². The molecule has 0 amide bonds. The Labute approximate surface area is 147 Å². The van der Waals surface area contributed by atoms with Gasteiger partial charge in [0.1, 0.15) is 5.75 Å². The maximum Gasteiger partial charge on any atom is 0.207 e. The molecule has 0 atom stereocenters. The summed E-state index contributed by atoms with van der Waals surface area (Å²) in [4.78, 5) is 12.4. The first-order valence-electron chi connectivity index (χ1n) is 7.64. The van der Waals surface area contributed by atoms with Crippen molar-refractivity contribution >= 4 is 11.9 Å². The lowest BCUT2D eigenvalue weighted by molar-refractivity contribution is -0.135. The van der Waals surface area contributed by atoms with Gasteiger partial charge in [0.25, 0.3) is 0 Å². The lowest BCUT2D eigenvalue weighted by atomic mass is 9.95. The van der Waals surface area contributed by atoms with E-state index < -0.39 is 11.7 Å². The largest absolute Gasteiger partial charge is 0.504 e. The van der Waals surface area contributed by atoms with Crippen LogP contribution < -0.4 is 9.47 Å². The van der Waals surface area contributed by atoms with Crippen LogP contribution in [0.2, 0.25) is 0 Å². The summed E-state index contributed by atoms with van der Waals surface area (Å²) in [5.74, 6) is -0.768. The number of benzene rings is 1. The molecule has 0 unspecified atom stereocenters. The van der Waals surface area contributed by atoms with E-state index in [0.717, 1.165) is 0 Å². The van der Waals surface area contributed by atoms with Crippen LogP contribution >= 0.6 is 0 Å². The molecular formula is C19H22O6. The van der Waals surface area contributed by atoms with Crippen molar-refractivity contribution in [2.45, 2.75) is 5.79 Å². The van der Waals surface area contributed by atoms with Crippen LogP contribution in [-0.4, -0.2) is 45.1 Å². The van der Waals surface area contributed by atoms with Crippen molar-refractivity contribution in [3.63, 3.8) is 0 Å². The van der Waals surface area contributed by atoms with Crippen molar-refractivity contribution in [2.75, 3.05) is 28.4 Å². The smallest absolute Gasteiger partial charge is 0.207 e. The molecule has 0 saturated heterocycles. The van der Waals surface area contributed by atoms with Crippen LogP contribution in [0.5, 0.6) is 17.2 Å². The standard InChI is InChI=1S/C19H22O6/c1-22-15-11-14(18(21)17(12-15)23-2)5-6-16(20)13-7-9-19(24-3,25-4)10-8-13/h5-13,21H,1-4H3/b6-5+. The average Bonchev–Trinajstić information content (AvgIpc) is 2.67. The molecule has 0 heterocycles. The van der Waals surface area contributed by atoms with Gasteiger partial charge in [-0.05, 0) is 30.4 Å². The highest BCUT2D eigenvalue weighted by atomic mass is 16.7. The van der Waals surface area contributed by atoms with Crippen LogP contribution in [0.25, 0.3) is 6.08 Å². The van der Waals surface area contributed by atoms with Gasteiger partial charge in [-0.1, -0.05) is 12.2 Å². The first kappa shape index (κ1) is 18.8. The maximum absolute atomic E-state index is 12.4. The summed E-state index contributed by atoms with van der Waals surface area (Å²) in [5.41, 5.74) is 0.427. The Morgan fingerprint density at radius 2 is 1.72 bits per heavy atom. The highest BCUT2D eigenvalue weighted by Crippen LogP contribution is 2.35. The van der Waals surface area contributed by atoms with Gasteiger partial charge in [-0.15, -0.1) is 0 Å². The van der Waals surface area contributed by atoms with Crippen LogP contribution in [0, 0.1) is 5.92 Å². The van der Waals surface area contributed by atoms with Gasteiger partial charge in [0.15, 0.2) is 17.3 Å². The summed E-state index contributed by atoms with van der Waals surface area (Å²) in [7, 11) is 6.01. The summed E-state index contributed by atoms with van der Waals surface area (Å²) in [6, 6.07) is 3.19. The third kappa shape index (κ3) is 4.10. The fourth-order valence-electron chi connectivity index (χ4n) is 2.43. The van der Waals surface area contributed by atoms with E-state index in [2.05, 4.69) is 0 Å². The molecule has 0 radical (unpaired) electrons. The molecular weight excluding hydrogens is 324 g/mol. The molecule has 0 aromatic heterocycles. The number of ether oxygens (including phenoxy) is 4. The van der Waals surface area contributed by atoms with Gasteiger partial charge in [0, 0.05) is 25.8 Å². The highest BCUT2D eigenvalue weighted by Gasteiger charge is 2.27. The summed E-state index contributed by atoms with van der Waals surface area (Å²) in [5, 5.41) is 10.2. The van der Waals surface area contributed by atoms with Gasteiger partial charge in [-0.25, -0.2) is 0 Å². The Morgan fingerprint density at radius 1 is 1.08 bits per heavy atom. The molecule has 0 fully saturated rings. The van der Waals surface area contributed by atoms with Gasteiger partial charge in [-0.2, -0.15) is 0 Å². The second-order valence-electron chi connectivity index (χ2n) is 5.38. The van der Waals surface area contributed by atoms with Crippen molar-refractivity contribution < 1.29 is 28.8 Å². The lowest BCUT2D eigenvalue weighted by Gasteiger charge is -2.27. The molecule has 0 aliphatic heterocycles. The van der Waals surface area contributed by atoms with Gasteiger partial charge in [0.05, 0.1) is 20.1 Å². The summed E-state index contributed by atoms with van der Waals surface area (Å²) in [6.07, 6.45) is 9.74. The minimum absolute atomic E-state index is 0.0557. The summed E-state index contributed by atoms with van der Waals surface area (Å²) in [6.45, 7) is 0. The van der Waals surface area contributed by atoms with Crippen LogP contribution in [0.3, 0.4) is 0 Å². The van der Waals surface area contributed by atoms with Gasteiger partial charge >= 0.3 is 0 Å². The predicted molar refractivity (Wildman–Crippen MR) is 93.8 cm³/mol. The normalized spacial score (nSPS) is 16.3. The Hall–Kier alpha value is -2.57. The fourth-order valence-corrected chi connectivity index (χ4v) is 2.43. The van der Waals surface area contributed by atoms with Gasteiger partial charge < -0.3 is 24.1 Å². The molecule has 6 heteroatoms. The van der Waals surface area contributed by atoms with E-state index in [1.54, 1.807) is 36.4 Å². The number of allylic oxidation sites excluding steroid dienone is 3. The number of phenolic OH excluding ortho intramolecular Hbond substituents is 1. The Kier molecular flexibility index (Phi) is 6.01. The van der Waals surface area contributed by atoms with Crippen LogP contribution in [0.1, 0.15) is 5.56 Å². The van der Waals surface area contributed by atoms with E-state index in [1.165, 1.54) is 40.6 Å². The number of aromatic hydroxyl groups is 1. The second-order valence-corrected chi connectivity index (χ2v) is 5.38. The number of phenols is 1. The molecule has 6 nitrogen and oxygen atoms in total. The van der Waals surface area contributed by atoms with E-state index in [1.807, 2.05) is 0 Å². The quantitative estimate of drug-likeness (QED) is 0.465. The number of carbonyl (C=O) groups excluding carboxylic acids is 1. The van der Waals surface area contributed by atoms with E-state index in [9.17, 15) is 9.90 Å². The number of hydrogen-bond acceptors (Lipinski definition) is 6. The first-order valence-corrected chi connectivity index (χ1v) is 7.64. The van der Waals surface area contributed by atoms with E-state index in [4.69, 9.17) is 18.9 Å². The van der Waals surface area contributed by atoms with Crippen molar-refractivity contribution in [1.29, 1.82) is 0 Å². The molecule has 0 bridgehead atoms. The summed E-state index contributed by atoms with van der Waals surface area (Å²) >= 11 is 0. The van der Waals surface area contributed by atoms with Crippen molar-refractivity contribution in [1.82, 2.24) is 0 Å². The number of methoxy groups -OCH3 is 4. The second kappa shape index (κ2) is 8.00. The van der Waals surface area contributed by atoms with E-state index in [0.29, 0.717) is 11.3 Å². The molecule has 2 rings (SSSR count). The van der Waals surface area contributed by atoms with Crippen molar-refractivity contribution in [3.05, 3.63) is 48.1 Å². The molecule has 1 aromatic carbocycles. The number of ketones is 1. The van der Waals surface area contributed by atoms with Crippen molar-refractivity contribution in [3.8, 4) is 17.2 Å². The minimum atomic E-state index is -0.932. The number of hydrogen-bond donors (Lipinski definition) is 1. The minimum Gasteiger partial charge on any atom is -0.504 e. The first-order chi connectivity index (χ1) is 12.0. The van der Waals surface area contributed by atoms with Crippen LogP contribution in [0.4, 0.5) is 0 Å². The molecule has 1 aliphatic carbocycles. The molecule has 0 saturated carbocycles. The number of rotatable bonds is 7. The Morgan fingerprint density at radius 3 is 2.24 bits per heavy atom. The zero-order valence-corrected chi connectivity index (χ0v) is 14.7. The van der Waals surface area contributed by atoms with Crippen LogP contribution in [-0.2, 0) is 14.3 Å². The Balaban J connectivity index is 2.18. The highest BCUT2D eigenvalue weighted by molar-refractivity contribution is 5.98. The Bertz CT molecular complexity index is 697. The van der Waals surface area contributed by atoms with Crippen LogP contribution in [0.15, 0.2) is 42.5 Å². The monoisotopic (exact) mass is 346 g/mol.